The second-order valence-corrected chi connectivity index (χ2v) is 6.17. The van der Waals surface area contributed by atoms with Gasteiger partial charge in [0.15, 0.2) is 0 Å². The van der Waals surface area contributed by atoms with Gasteiger partial charge in [0, 0.05) is 64.4 Å². The molecule has 0 unspecified atom stereocenters. The van der Waals surface area contributed by atoms with Crippen LogP contribution in [0.2, 0.25) is 0 Å². The molecule has 1 aromatic rings. The topological polar surface area (TPSA) is 90.0 Å². The van der Waals surface area contributed by atoms with Crippen LogP contribution in [-0.2, 0) is 19.2 Å². The monoisotopic (exact) mass is 360 g/mol. The molecule has 2 rings (SSSR count). The number of carbonyl (C=O) groups excluding carboxylic acids is 4. The molecule has 1 aliphatic heterocycles. The molecule has 1 fully saturated rings. The maximum absolute atomic E-state index is 12.4. The highest BCUT2D eigenvalue weighted by Crippen LogP contribution is 2.20. The molecule has 0 atom stereocenters. The fraction of sp³-hybridized carbons (Fsp3) is 0.444. The Kier molecular flexibility index (Phi) is 6.71. The van der Waals surface area contributed by atoms with E-state index in [0.717, 1.165) is 6.41 Å². The number of nitrogens with one attached hydrogen (secondary N) is 1. The zero-order chi connectivity index (χ0) is 19.1. The van der Waals surface area contributed by atoms with Gasteiger partial charge in [-0.3, -0.25) is 19.2 Å². The number of nitrogens with zero attached hydrogens (tertiary/aromatic N) is 3. The lowest BCUT2D eigenvalue weighted by molar-refractivity contribution is -0.135. The van der Waals surface area contributed by atoms with Crippen LogP contribution in [0.3, 0.4) is 0 Å². The molecule has 0 aromatic heterocycles. The number of anilines is 2. The number of piperazine rings is 1. The van der Waals surface area contributed by atoms with Gasteiger partial charge < -0.3 is 20.0 Å². The Morgan fingerprint density at radius 1 is 1.15 bits per heavy atom. The van der Waals surface area contributed by atoms with E-state index in [1.54, 1.807) is 34.1 Å². The van der Waals surface area contributed by atoms with Crippen molar-refractivity contribution in [1.82, 2.24) is 9.80 Å². The predicted octanol–water partition coefficient (Wildman–Crippen LogP) is 0.689. The van der Waals surface area contributed by atoms with Crippen LogP contribution >= 0.6 is 0 Å². The number of benzene rings is 1. The van der Waals surface area contributed by atoms with E-state index in [1.807, 2.05) is 0 Å². The van der Waals surface area contributed by atoms with Crippen LogP contribution in [0.15, 0.2) is 24.3 Å². The van der Waals surface area contributed by atoms with E-state index >= 15 is 0 Å². The molecule has 0 saturated carbocycles. The Morgan fingerprint density at radius 3 is 2.42 bits per heavy atom. The van der Waals surface area contributed by atoms with E-state index in [1.165, 1.54) is 18.7 Å². The van der Waals surface area contributed by atoms with E-state index < -0.39 is 0 Å². The van der Waals surface area contributed by atoms with Crippen LogP contribution in [0.4, 0.5) is 11.4 Å². The van der Waals surface area contributed by atoms with Crippen LogP contribution in [0.25, 0.3) is 0 Å². The summed E-state index contributed by atoms with van der Waals surface area (Å²) in [6.07, 6.45) is 0.992. The highest BCUT2D eigenvalue weighted by molar-refractivity contribution is 5.94. The highest BCUT2D eigenvalue weighted by atomic mass is 16.2. The SMILES string of the molecule is CC(=O)Nc1cccc(N(CCC(=O)N2CCN(C=O)CC2)C(C)=O)c1. The molecule has 8 heteroatoms. The smallest absolute Gasteiger partial charge is 0.224 e. The summed E-state index contributed by atoms with van der Waals surface area (Å²) in [5.74, 6) is -0.412. The van der Waals surface area contributed by atoms with Crippen LogP contribution in [-0.4, -0.2) is 66.7 Å². The number of hydrogen-bond acceptors (Lipinski definition) is 4. The highest BCUT2D eigenvalue weighted by Gasteiger charge is 2.21. The summed E-state index contributed by atoms with van der Waals surface area (Å²) < 4.78 is 0. The Labute approximate surface area is 152 Å². The number of amides is 4. The second-order valence-electron chi connectivity index (χ2n) is 6.17. The van der Waals surface area contributed by atoms with Gasteiger partial charge >= 0.3 is 0 Å². The summed E-state index contributed by atoms with van der Waals surface area (Å²) in [6, 6.07) is 6.95. The van der Waals surface area contributed by atoms with Crippen molar-refractivity contribution in [3.8, 4) is 0 Å². The zero-order valence-electron chi connectivity index (χ0n) is 15.1. The lowest BCUT2D eigenvalue weighted by Gasteiger charge is -2.33. The number of hydrogen-bond donors (Lipinski definition) is 1. The maximum Gasteiger partial charge on any atom is 0.224 e. The molecule has 140 valence electrons. The Morgan fingerprint density at radius 2 is 1.85 bits per heavy atom. The summed E-state index contributed by atoms with van der Waals surface area (Å²) in [6.45, 7) is 5.20. The molecule has 8 nitrogen and oxygen atoms in total. The minimum absolute atomic E-state index is 0.0418. The van der Waals surface area contributed by atoms with Gasteiger partial charge in [0.05, 0.1) is 0 Å². The van der Waals surface area contributed by atoms with Gasteiger partial charge in [-0.1, -0.05) is 6.07 Å². The quantitative estimate of drug-likeness (QED) is 0.756. The van der Waals surface area contributed by atoms with Crippen molar-refractivity contribution in [2.45, 2.75) is 20.3 Å². The summed E-state index contributed by atoms with van der Waals surface area (Å²) in [4.78, 5) is 51.2. The Hall–Kier alpha value is -2.90. The first-order valence-corrected chi connectivity index (χ1v) is 8.53. The molecule has 1 heterocycles. The van der Waals surface area contributed by atoms with Crippen LogP contribution in [0.5, 0.6) is 0 Å². The van der Waals surface area contributed by atoms with Gasteiger partial charge in [0.1, 0.15) is 0 Å². The molecule has 26 heavy (non-hydrogen) atoms. The third-order valence-corrected chi connectivity index (χ3v) is 4.22. The second kappa shape index (κ2) is 8.98. The van der Waals surface area contributed by atoms with Gasteiger partial charge in [0.2, 0.25) is 24.1 Å². The molecule has 1 aromatic carbocycles. The minimum Gasteiger partial charge on any atom is -0.342 e. The van der Waals surface area contributed by atoms with Gasteiger partial charge in [-0.05, 0) is 18.2 Å². The zero-order valence-corrected chi connectivity index (χ0v) is 15.1. The molecule has 1 saturated heterocycles. The third kappa shape index (κ3) is 5.30. The van der Waals surface area contributed by atoms with Crippen LogP contribution < -0.4 is 10.2 Å². The van der Waals surface area contributed by atoms with E-state index in [9.17, 15) is 19.2 Å². The van der Waals surface area contributed by atoms with E-state index in [0.29, 0.717) is 37.6 Å². The predicted molar refractivity (Wildman–Crippen MR) is 97.6 cm³/mol. The fourth-order valence-electron chi connectivity index (χ4n) is 2.87. The van der Waals surface area contributed by atoms with Crippen molar-refractivity contribution in [2.24, 2.45) is 0 Å². The van der Waals surface area contributed by atoms with Gasteiger partial charge in [-0.2, -0.15) is 0 Å². The third-order valence-electron chi connectivity index (χ3n) is 4.22. The normalized spacial score (nSPS) is 13.9. The summed E-state index contributed by atoms with van der Waals surface area (Å²) in [5, 5.41) is 2.68. The first-order chi connectivity index (χ1) is 12.4. The van der Waals surface area contributed by atoms with Crippen molar-refractivity contribution < 1.29 is 19.2 Å². The molecule has 1 aliphatic rings. The maximum atomic E-state index is 12.4. The summed E-state index contributed by atoms with van der Waals surface area (Å²) in [7, 11) is 0. The molecule has 0 spiro atoms. The van der Waals surface area contributed by atoms with E-state index in [4.69, 9.17) is 0 Å². The van der Waals surface area contributed by atoms with Crippen molar-refractivity contribution in [1.29, 1.82) is 0 Å². The first-order valence-electron chi connectivity index (χ1n) is 8.53. The fourth-order valence-corrected chi connectivity index (χ4v) is 2.87. The van der Waals surface area contributed by atoms with Crippen molar-refractivity contribution in [3.63, 3.8) is 0 Å². The summed E-state index contributed by atoms with van der Waals surface area (Å²) >= 11 is 0. The number of carbonyl (C=O) groups is 4. The molecular weight excluding hydrogens is 336 g/mol. The van der Waals surface area contributed by atoms with E-state index in [-0.39, 0.29) is 30.7 Å². The number of rotatable bonds is 6. The minimum atomic E-state index is -0.193. The largest absolute Gasteiger partial charge is 0.342 e. The van der Waals surface area contributed by atoms with Crippen molar-refractivity contribution in [2.75, 3.05) is 42.9 Å². The van der Waals surface area contributed by atoms with Crippen molar-refractivity contribution in [3.05, 3.63) is 24.3 Å². The van der Waals surface area contributed by atoms with Crippen LogP contribution in [0.1, 0.15) is 20.3 Å². The Balaban J connectivity index is 1.98. The lowest BCUT2D eigenvalue weighted by Crippen LogP contribution is -2.48. The van der Waals surface area contributed by atoms with Gasteiger partial charge in [-0.15, -0.1) is 0 Å². The van der Waals surface area contributed by atoms with Crippen LogP contribution in [0, 0.1) is 0 Å². The van der Waals surface area contributed by atoms with Gasteiger partial charge in [-0.25, -0.2) is 0 Å². The lowest BCUT2D eigenvalue weighted by atomic mass is 10.2. The average Bonchev–Trinajstić information content (AvgIpc) is 2.61. The first kappa shape index (κ1) is 19.4. The molecule has 1 N–H and O–H groups in total. The molecule has 0 bridgehead atoms. The van der Waals surface area contributed by atoms with Gasteiger partial charge in [0.25, 0.3) is 0 Å². The summed E-state index contributed by atoms with van der Waals surface area (Å²) in [5.41, 5.74) is 1.22. The Bertz CT molecular complexity index is 684. The van der Waals surface area contributed by atoms with Crippen molar-refractivity contribution >= 4 is 35.5 Å². The van der Waals surface area contributed by atoms with E-state index in [2.05, 4.69) is 5.32 Å². The molecule has 4 amide bonds. The average molecular weight is 360 g/mol. The standard InChI is InChI=1S/C18H24N4O4/c1-14(24)19-16-4-3-5-17(12-16)22(15(2)25)7-6-18(26)21-10-8-20(13-23)9-11-21/h3-5,12-13H,6-11H2,1-2H3,(H,19,24). The molecule has 0 radical (unpaired) electrons. The molecule has 0 aliphatic carbocycles. The molecular formula is C18H24N4O4.